The number of anilines is 1. The number of aliphatic hydroxyl groups excluding tert-OH is 1. The molecule has 4 rings (SSSR count). The van der Waals surface area contributed by atoms with Crippen LogP contribution in [0.1, 0.15) is 59.2 Å². The first-order chi connectivity index (χ1) is 19.2. The number of benzene rings is 2. The summed E-state index contributed by atoms with van der Waals surface area (Å²) in [5, 5.41) is 11.3. The number of aryl methyl sites for hydroxylation is 1. The van der Waals surface area contributed by atoms with Crippen LogP contribution in [-0.4, -0.2) is 48.1 Å². The number of nitrogens with zero attached hydrogens (tertiary/aromatic N) is 2. The van der Waals surface area contributed by atoms with Gasteiger partial charge in [0.05, 0.1) is 37.6 Å². The van der Waals surface area contributed by atoms with E-state index in [1.807, 2.05) is 13.8 Å². The van der Waals surface area contributed by atoms with E-state index in [9.17, 15) is 23.9 Å². The van der Waals surface area contributed by atoms with E-state index in [1.54, 1.807) is 25.1 Å². The van der Waals surface area contributed by atoms with Crippen molar-refractivity contribution >= 4 is 39.9 Å². The van der Waals surface area contributed by atoms with Crippen molar-refractivity contribution in [2.24, 2.45) is 0 Å². The number of hydrogen-bond acceptors (Lipinski definition) is 9. The smallest absolute Gasteiger partial charge is 0.350 e. The van der Waals surface area contributed by atoms with Gasteiger partial charge in [-0.25, -0.2) is 14.2 Å². The van der Waals surface area contributed by atoms with Crippen LogP contribution in [0.25, 0.3) is 5.76 Å². The van der Waals surface area contributed by atoms with Crippen molar-refractivity contribution in [2.75, 3.05) is 25.2 Å². The number of halogens is 1. The molecule has 2 aromatic carbocycles. The predicted molar refractivity (Wildman–Crippen MR) is 147 cm³/mol. The molecule has 210 valence electrons. The first-order valence-electron chi connectivity index (χ1n) is 12.7. The fraction of sp³-hybridized carbons (Fsp3) is 0.310. The lowest BCUT2D eigenvalue weighted by Crippen LogP contribution is -2.29. The molecule has 0 radical (unpaired) electrons. The number of amides is 1. The van der Waals surface area contributed by atoms with Crippen molar-refractivity contribution in [2.45, 2.75) is 39.7 Å². The number of ketones is 1. The Morgan fingerprint density at radius 1 is 1.10 bits per heavy atom. The van der Waals surface area contributed by atoms with E-state index in [-0.39, 0.29) is 21.1 Å². The van der Waals surface area contributed by atoms with E-state index in [0.29, 0.717) is 36.0 Å². The molecule has 40 heavy (non-hydrogen) atoms. The number of methoxy groups -OCH3 is 1. The van der Waals surface area contributed by atoms with Crippen LogP contribution < -0.4 is 14.4 Å². The van der Waals surface area contributed by atoms with Gasteiger partial charge in [0.15, 0.2) is 16.6 Å². The van der Waals surface area contributed by atoms with Crippen LogP contribution in [0.15, 0.2) is 48.0 Å². The molecule has 1 amide bonds. The zero-order chi connectivity index (χ0) is 29.0. The topological polar surface area (TPSA) is 115 Å². The summed E-state index contributed by atoms with van der Waals surface area (Å²) >= 11 is 0.894. The minimum Gasteiger partial charge on any atom is -0.507 e. The Balaban J connectivity index is 1.91. The third-order valence-corrected chi connectivity index (χ3v) is 7.40. The van der Waals surface area contributed by atoms with Gasteiger partial charge >= 0.3 is 11.9 Å². The van der Waals surface area contributed by atoms with Crippen molar-refractivity contribution in [3.8, 4) is 11.5 Å². The monoisotopic (exact) mass is 568 g/mol. The lowest BCUT2D eigenvalue weighted by atomic mass is 9.95. The van der Waals surface area contributed by atoms with Gasteiger partial charge in [-0.2, -0.15) is 0 Å². The molecule has 11 heteroatoms. The van der Waals surface area contributed by atoms with E-state index < -0.39 is 35.3 Å². The van der Waals surface area contributed by atoms with Crippen molar-refractivity contribution < 1.29 is 38.1 Å². The molecule has 1 aliphatic rings. The van der Waals surface area contributed by atoms with Crippen LogP contribution in [0.4, 0.5) is 9.52 Å². The molecule has 1 atom stereocenters. The highest BCUT2D eigenvalue weighted by molar-refractivity contribution is 7.17. The third kappa shape index (κ3) is 5.55. The Labute approximate surface area is 234 Å². The van der Waals surface area contributed by atoms with E-state index >= 15 is 0 Å². The van der Waals surface area contributed by atoms with Gasteiger partial charge in [0, 0.05) is 5.56 Å². The van der Waals surface area contributed by atoms with Gasteiger partial charge in [-0.15, -0.1) is 0 Å². The maximum absolute atomic E-state index is 13.6. The summed E-state index contributed by atoms with van der Waals surface area (Å²) in [6.07, 6.45) is 1.79. The van der Waals surface area contributed by atoms with Gasteiger partial charge in [-0.3, -0.25) is 14.5 Å². The maximum Gasteiger partial charge on any atom is 0.350 e. The second kappa shape index (κ2) is 12.3. The van der Waals surface area contributed by atoms with Gasteiger partial charge in [-0.05, 0) is 62.2 Å². The van der Waals surface area contributed by atoms with Crippen LogP contribution in [0.5, 0.6) is 11.5 Å². The number of carbonyl (C=O) groups excluding carboxylic acids is 3. The zero-order valence-electron chi connectivity index (χ0n) is 22.5. The van der Waals surface area contributed by atoms with Crippen molar-refractivity contribution in [3.63, 3.8) is 0 Å². The molecule has 0 spiro atoms. The van der Waals surface area contributed by atoms with Gasteiger partial charge in [0.25, 0.3) is 5.78 Å². The molecule has 1 N–H and O–H groups in total. The number of thiazole rings is 1. The van der Waals surface area contributed by atoms with Gasteiger partial charge in [0.2, 0.25) is 0 Å². The Morgan fingerprint density at radius 2 is 1.82 bits per heavy atom. The number of unbranched alkanes of at least 4 members (excludes halogenated alkanes) is 1. The summed E-state index contributed by atoms with van der Waals surface area (Å²) < 4.78 is 30.1. The van der Waals surface area contributed by atoms with Crippen molar-refractivity contribution in [1.29, 1.82) is 0 Å². The summed E-state index contributed by atoms with van der Waals surface area (Å²) in [7, 11) is 1.23. The van der Waals surface area contributed by atoms with Crippen LogP contribution in [0, 0.1) is 12.7 Å². The van der Waals surface area contributed by atoms with Crippen molar-refractivity contribution in [1.82, 2.24) is 4.98 Å². The molecule has 0 saturated carbocycles. The van der Waals surface area contributed by atoms with Gasteiger partial charge < -0.3 is 19.3 Å². The summed E-state index contributed by atoms with van der Waals surface area (Å²) in [5.74, 6) is -2.65. The molecule has 2 heterocycles. The lowest BCUT2D eigenvalue weighted by Gasteiger charge is -2.24. The quantitative estimate of drug-likeness (QED) is 0.111. The van der Waals surface area contributed by atoms with Crippen LogP contribution >= 0.6 is 11.3 Å². The number of rotatable bonds is 10. The van der Waals surface area contributed by atoms with E-state index in [1.165, 1.54) is 19.2 Å². The molecule has 9 nitrogen and oxygen atoms in total. The highest BCUT2D eigenvalue weighted by Crippen LogP contribution is 2.45. The number of carbonyl (C=O) groups is 3. The molecular formula is C29H29FN2O7S. The van der Waals surface area contributed by atoms with Crippen molar-refractivity contribution in [3.05, 3.63) is 75.6 Å². The van der Waals surface area contributed by atoms with Gasteiger partial charge in [0.1, 0.15) is 16.5 Å². The molecule has 0 bridgehead atoms. The number of aliphatic hydroxyl groups is 1. The fourth-order valence-corrected chi connectivity index (χ4v) is 5.30. The van der Waals surface area contributed by atoms with E-state index in [0.717, 1.165) is 41.2 Å². The molecule has 1 aromatic heterocycles. The first kappa shape index (κ1) is 28.8. The Morgan fingerprint density at radius 3 is 2.48 bits per heavy atom. The summed E-state index contributed by atoms with van der Waals surface area (Å²) in [6.45, 7) is 6.26. The molecule has 1 aliphatic heterocycles. The number of ether oxygens (including phenoxy) is 3. The number of Topliss-reactive ketones (excluding diaryl/α,β-unsaturated/α-hetero) is 1. The lowest BCUT2D eigenvalue weighted by molar-refractivity contribution is -0.132. The normalized spacial score (nSPS) is 16.3. The average molecular weight is 569 g/mol. The molecule has 1 fully saturated rings. The highest BCUT2D eigenvalue weighted by atomic mass is 32.1. The summed E-state index contributed by atoms with van der Waals surface area (Å²) in [4.78, 5) is 44.9. The highest BCUT2D eigenvalue weighted by Gasteiger charge is 2.48. The van der Waals surface area contributed by atoms with Crippen LogP contribution in [-0.2, 0) is 14.3 Å². The third-order valence-electron chi connectivity index (χ3n) is 6.26. The second-order valence-electron chi connectivity index (χ2n) is 8.92. The Bertz CT molecular complexity index is 1470. The first-order valence-corrected chi connectivity index (χ1v) is 13.6. The van der Waals surface area contributed by atoms with E-state index in [2.05, 4.69) is 4.98 Å². The maximum atomic E-state index is 13.6. The number of aromatic nitrogens is 1. The SMILES string of the molecule is CCCCOc1ccc(C2C(=C(O)c3ccc(F)cc3)C(=O)C(=O)N2c2nc(C)c(C(=O)OC)s2)cc1OCC. The largest absolute Gasteiger partial charge is 0.507 e. The minimum atomic E-state index is -1.13. The van der Waals surface area contributed by atoms with Gasteiger partial charge in [-0.1, -0.05) is 30.7 Å². The second-order valence-corrected chi connectivity index (χ2v) is 9.90. The predicted octanol–water partition coefficient (Wildman–Crippen LogP) is 5.58. The molecule has 1 unspecified atom stereocenters. The van der Waals surface area contributed by atoms with Crippen LogP contribution in [0.3, 0.4) is 0 Å². The summed E-state index contributed by atoms with van der Waals surface area (Å²) in [6, 6.07) is 8.78. The zero-order valence-corrected chi connectivity index (χ0v) is 23.3. The molecular weight excluding hydrogens is 539 g/mol. The molecule has 0 aliphatic carbocycles. The minimum absolute atomic E-state index is 0.0735. The Kier molecular flexibility index (Phi) is 8.83. The summed E-state index contributed by atoms with van der Waals surface area (Å²) in [5.41, 5.74) is 0.688. The van der Waals surface area contributed by atoms with E-state index in [4.69, 9.17) is 14.2 Å². The fourth-order valence-electron chi connectivity index (χ4n) is 4.28. The molecule has 3 aromatic rings. The van der Waals surface area contributed by atoms with Crippen LogP contribution in [0.2, 0.25) is 0 Å². The number of hydrogen-bond donors (Lipinski definition) is 1. The Hall–Kier alpha value is -4.25. The molecule has 1 saturated heterocycles. The number of esters is 1. The average Bonchev–Trinajstić information content (AvgIpc) is 3.45. The standard InChI is InChI=1S/C29H29FN2O7S/c1-5-7-14-39-20-13-10-18(15-21(20)38-6-2)23-22(24(33)17-8-11-19(30)12-9-17)25(34)27(35)32(23)29-31-16(3)26(40-29)28(36)37-4/h8-13,15,23,33H,5-7,14H2,1-4H3.